The average Bonchev–Trinajstić information content (AvgIpc) is 3.14. The number of hydrogen-bond acceptors (Lipinski definition) is 4. The van der Waals surface area contributed by atoms with Gasteiger partial charge in [-0.05, 0) is 55.2 Å². The molecule has 0 radical (unpaired) electrons. The van der Waals surface area contributed by atoms with E-state index in [1.807, 2.05) is 78.6 Å². The fourth-order valence-corrected chi connectivity index (χ4v) is 4.57. The zero-order valence-corrected chi connectivity index (χ0v) is 21.7. The molecule has 0 atom stereocenters. The molecule has 0 fully saturated rings. The largest absolute Gasteiger partial charge is 0.490 e. The molecular formula is C32H32N2O3. The molecule has 0 N–H and O–H groups in total. The summed E-state index contributed by atoms with van der Waals surface area (Å²) in [6, 6.07) is 21.5. The van der Waals surface area contributed by atoms with Gasteiger partial charge in [0.1, 0.15) is 6.61 Å². The van der Waals surface area contributed by atoms with E-state index in [2.05, 4.69) is 26.5 Å². The maximum absolute atomic E-state index is 13.5. The molecule has 0 aromatic heterocycles. The molecule has 0 spiro atoms. The lowest BCUT2D eigenvalue weighted by Crippen LogP contribution is -2.30. The third-order valence-electron chi connectivity index (χ3n) is 6.15. The lowest BCUT2D eigenvalue weighted by molar-refractivity contribution is -0.113. The van der Waals surface area contributed by atoms with Crippen molar-refractivity contribution >= 4 is 23.2 Å². The molecule has 5 heteroatoms. The van der Waals surface area contributed by atoms with E-state index < -0.39 is 0 Å². The molecule has 0 bridgehead atoms. The van der Waals surface area contributed by atoms with Crippen molar-refractivity contribution in [2.24, 2.45) is 5.92 Å². The second kappa shape index (κ2) is 11.6. The lowest BCUT2D eigenvalue weighted by atomic mass is 10.0. The number of para-hydroxylation sites is 1. The van der Waals surface area contributed by atoms with Crippen molar-refractivity contribution in [3.05, 3.63) is 101 Å². The maximum Gasteiger partial charge on any atom is 0.259 e. The van der Waals surface area contributed by atoms with Crippen molar-refractivity contribution < 1.29 is 14.3 Å². The third kappa shape index (κ3) is 5.59. The molecule has 1 amide bonds. The van der Waals surface area contributed by atoms with E-state index in [0.717, 1.165) is 27.9 Å². The zero-order valence-electron chi connectivity index (χ0n) is 21.7. The normalized spacial score (nSPS) is 13.5. The zero-order chi connectivity index (χ0) is 26.4. The van der Waals surface area contributed by atoms with Crippen LogP contribution in [0.4, 0.5) is 5.69 Å². The highest BCUT2D eigenvalue weighted by atomic mass is 16.5. The molecule has 0 unspecified atom stereocenters. The van der Waals surface area contributed by atoms with E-state index in [-0.39, 0.29) is 12.5 Å². The lowest BCUT2D eigenvalue weighted by Gasteiger charge is -2.19. The summed E-state index contributed by atoms with van der Waals surface area (Å²) in [5.41, 5.74) is 5.69. The van der Waals surface area contributed by atoms with Gasteiger partial charge in [0.15, 0.2) is 11.5 Å². The number of rotatable bonds is 10. The molecule has 0 saturated heterocycles. The molecule has 1 aliphatic heterocycles. The van der Waals surface area contributed by atoms with Crippen LogP contribution in [0.1, 0.15) is 48.6 Å². The maximum atomic E-state index is 13.5. The van der Waals surface area contributed by atoms with Crippen LogP contribution in [0.3, 0.4) is 0 Å². The first-order chi connectivity index (χ1) is 18.0. The van der Waals surface area contributed by atoms with Gasteiger partial charge in [0.25, 0.3) is 5.91 Å². The Morgan fingerprint density at radius 3 is 2.54 bits per heavy atom. The summed E-state index contributed by atoms with van der Waals surface area (Å²) in [6.07, 6.45) is 4.32. The molecule has 1 heterocycles. The number of benzene rings is 3. The fraction of sp³-hybridized carbons (Fsp3) is 0.250. The van der Waals surface area contributed by atoms with Crippen LogP contribution in [-0.4, -0.2) is 19.1 Å². The summed E-state index contributed by atoms with van der Waals surface area (Å²) < 4.78 is 12.2. The van der Waals surface area contributed by atoms with Crippen molar-refractivity contribution in [2.75, 3.05) is 18.1 Å². The van der Waals surface area contributed by atoms with Gasteiger partial charge < -0.3 is 14.4 Å². The van der Waals surface area contributed by atoms with E-state index >= 15 is 0 Å². The second-order valence-corrected chi connectivity index (χ2v) is 9.38. The number of nitriles is 1. The Hall–Kier alpha value is -4.30. The van der Waals surface area contributed by atoms with E-state index in [4.69, 9.17) is 9.47 Å². The Kier molecular flexibility index (Phi) is 8.10. The summed E-state index contributed by atoms with van der Waals surface area (Å²) in [7, 11) is 0. The van der Waals surface area contributed by atoms with Gasteiger partial charge in [-0.15, -0.1) is 6.58 Å². The first-order valence-corrected chi connectivity index (χ1v) is 12.6. The van der Waals surface area contributed by atoms with Gasteiger partial charge in [-0.1, -0.05) is 56.3 Å². The second-order valence-electron chi connectivity index (χ2n) is 9.38. The minimum atomic E-state index is 0.00608. The van der Waals surface area contributed by atoms with E-state index in [0.29, 0.717) is 48.1 Å². The number of ether oxygens (including phenoxy) is 2. The molecular weight excluding hydrogens is 460 g/mol. The Labute approximate surface area is 219 Å². The van der Waals surface area contributed by atoms with Crippen molar-refractivity contribution in [1.82, 2.24) is 0 Å². The number of fused-ring (bicyclic) bond motifs is 1. The van der Waals surface area contributed by atoms with Crippen LogP contribution < -0.4 is 14.4 Å². The number of nitrogens with zero attached hydrogens (tertiary/aromatic N) is 2. The Morgan fingerprint density at radius 2 is 1.81 bits per heavy atom. The van der Waals surface area contributed by atoms with E-state index in [9.17, 15) is 10.1 Å². The van der Waals surface area contributed by atoms with Gasteiger partial charge in [0.05, 0.1) is 23.9 Å². The monoisotopic (exact) mass is 492 g/mol. The number of amides is 1. The third-order valence-corrected chi connectivity index (χ3v) is 6.15. The molecule has 4 rings (SSSR count). The van der Waals surface area contributed by atoms with Gasteiger partial charge in [-0.25, -0.2) is 0 Å². The molecule has 1 aliphatic rings. The smallest absolute Gasteiger partial charge is 0.259 e. The van der Waals surface area contributed by atoms with Crippen LogP contribution in [0.5, 0.6) is 11.5 Å². The molecule has 3 aromatic carbocycles. The van der Waals surface area contributed by atoms with Gasteiger partial charge in [0, 0.05) is 28.8 Å². The van der Waals surface area contributed by atoms with Crippen molar-refractivity contribution in [3.8, 4) is 17.6 Å². The predicted molar refractivity (Wildman–Crippen MR) is 149 cm³/mol. The number of allylic oxidation sites excluding steroid dienone is 1. The first kappa shape index (κ1) is 25.8. The summed E-state index contributed by atoms with van der Waals surface area (Å²) >= 11 is 0. The van der Waals surface area contributed by atoms with Crippen molar-refractivity contribution in [2.45, 2.75) is 33.8 Å². The van der Waals surface area contributed by atoms with Gasteiger partial charge in [0.2, 0.25) is 0 Å². The molecule has 37 heavy (non-hydrogen) atoms. The molecule has 3 aromatic rings. The molecule has 0 aliphatic carbocycles. The van der Waals surface area contributed by atoms with Gasteiger partial charge >= 0.3 is 0 Å². The minimum Gasteiger partial charge on any atom is -0.490 e. The summed E-state index contributed by atoms with van der Waals surface area (Å²) in [5, 5.41) is 9.44. The van der Waals surface area contributed by atoms with E-state index in [1.165, 1.54) is 0 Å². The number of hydrogen-bond donors (Lipinski definition) is 0. The standard InChI is InChI=1S/C32H32N2O3/c1-5-11-24-16-23(17-28-27-14-9-10-15-29(27)34(32(28)35)20-22(3)4)18-30(36-6-2)31(24)37-21-26-13-8-7-12-25(26)19-33/h5,7-10,12-18,22H,1,6,11,20-21H2,2-4H3/b28-17-. The van der Waals surface area contributed by atoms with Crippen LogP contribution in [0.25, 0.3) is 11.6 Å². The van der Waals surface area contributed by atoms with Crippen molar-refractivity contribution in [1.29, 1.82) is 5.26 Å². The first-order valence-electron chi connectivity index (χ1n) is 12.6. The minimum absolute atomic E-state index is 0.00608. The number of anilines is 1. The van der Waals surface area contributed by atoms with Gasteiger partial charge in [-0.2, -0.15) is 5.26 Å². The van der Waals surface area contributed by atoms with Crippen LogP contribution in [0.2, 0.25) is 0 Å². The number of carbonyl (C=O) groups excluding carboxylic acids is 1. The molecule has 188 valence electrons. The highest BCUT2D eigenvalue weighted by Crippen LogP contribution is 2.40. The predicted octanol–water partition coefficient (Wildman–Crippen LogP) is 6.81. The van der Waals surface area contributed by atoms with E-state index in [1.54, 1.807) is 6.07 Å². The van der Waals surface area contributed by atoms with Crippen LogP contribution in [0.15, 0.2) is 73.3 Å². The summed E-state index contributed by atoms with van der Waals surface area (Å²) in [5.74, 6) is 1.58. The van der Waals surface area contributed by atoms with Gasteiger partial charge in [-0.3, -0.25) is 4.79 Å². The SMILES string of the molecule is C=CCc1cc(/C=C2\C(=O)N(CC(C)C)c3ccccc32)cc(OCC)c1OCc1ccccc1C#N. The van der Waals surface area contributed by atoms with Crippen LogP contribution >= 0.6 is 0 Å². The fourth-order valence-electron chi connectivity index (χ4n) is 4.57. The van der Waals surface area contributed by atoms with Crippen LogP contribution in [-0.2, 0) is 17.8 Å². The number of carbonyl (C=O) groups is 1. The van der Waals surface area contributed by atoms with Crippen molar-refractivity contribution in [3.63, 3.8) is 0 Å². The summed E-state index contributed by atoms with van der Waals surface area (Å²) in [6.45, 7) is 11.4. The highest BCUT2D eigenvalue weighted by Gasteiger charge is 2.32. The Morgan fingerprint density at radius 1 is 1.05 bits per heavy atom. The average molecular weight is 493 g/mol. The Balaban J connectivity index is 1.75. The molecule has 5 nitrogen and oxygen atoms in total. The van der Waals surface area contributed by atoms with Crippen LogP contribution in [0, 0.1) is 17.2 Å². The summed E-state index contributed by atoms with van der Waals surface area (Å²) in [4.78, 5) is 15.3. The molecule has 0 saturated carbocycles. The quantitative estimate of drug-likeness (QED) is 0.230. The Bertz CT molecular complexity index is 1380. The topological polar surface area (TPSA) is 62.6 Å². The highest BCUT2D eigenvalue weighted by molar-refractivity contribution is 6.35.